The maximum atomic E-state index is 5.44. The molecule has 0 spiro atoms. The molecule has 0 aromatic heterocycles. The second kappa shape index (κ2) is 11.7. The number of hydrogen-bond donors (Lipinski definition) is 2. The zero-order chi connectivity index (χ0) is 18.2. The number of guanidine groups is 1. The quantitative estimate of drug-likeness (QED) is 0.348. The molecule has 1 heterocycles. The van der Waals surface area contributed by atoms with Gasteiger partial charge in [0.05, 0.1) is 19.7 Å². The van der Waals surface area contributed by atoms with E-state index < -0.39 is 0 Å². The van der Waals surface area contributed by atoms with Crippen molar-refractivity contribution in [1.82, 2.24) is 15.5 Å². The van der Waals surface area contributed by atoms with Crippen LogP contribution in [0.15, 0.2) is 29.3 Å². The van der Waals surface area contributed by atoms with Crippen molar-refractivity contribution in [3.05, 3.63) is 29.8 Å². The molecule has 1 saturated heterocycles. The highest BCUT2D eigenvalue weighted by molar-refractivity contribution is 14.0. The van der Waals surface area contributed by atoms with Crippen LogP contribution in [0.4, 0.5) is 0 Å². The van der Waals surface area contributed by atoms with E-state index in [1.54, 1.807) is 7.11 Å². The first kappa shape index (κ1) is 22.3. The van der Waals surface area contributed by atoms with Crippen LogP contribution in [0.2, 0.25) is 0 Å². The summed E-state index contributed by atoms with van der Waals surface area (Å²) in [4.78, 5) is 7.53. The zero-order valence-corrected chi connectivity index (χ0v) is 19.1. The number of ether oxygens (including phenoxy) is 1. The smallest absolute Gasteiger partial charge is 0.191 e. The SMILES string of the molecule is CCNC(=NCC(c1cccc(OC)c1)N1CCCC1)NC1CCCC1.I. The van der Waals surface area contributed by atoms with E-state index in [1.807, 2.05) is 6.07 Å². The van der Waals surface area contributed by atoms with Crippen molar-refractivity contribution in [2.75, 3.05) is 33.3 Å². The number of benzene rings is 1. The molecule has 1 atom stereocenters. The van der Waals surface area contributed by atoms with E-state index in [0.717, 1.165) is 37.9 Å². The summed E-state index contributed by atoms with van der Waals surface area (Å²) in [6.45, 7) is 6.11. The number of nitrogens with one attached hydrogen (secondary N) is 2. The lowest BCUT2D eigenvalue weighted by Gasteiger charge is -2.27. The molecule has 5 nitrogen and oxygen atoms in total. The Labute approximate surface area is 181 Å². The molecule has 27 heavy (non-hydrogen) atoms. The van der Waals surface area contributed by atoms with Crippen LogP contribution in [-0.2, 0) is 0 Å². The molecule has 2 fully saturated rings. The molecule has 1 aromatic carbocycles. The van der Waals surface area contributed by atoms with Crippen molar-refractivity contribution in [2.24, 2.45) is 4.99 Å². The van der Waals surface area contributed by atoms with Crippen molar-refractivity contribution >= 4 is 29.9 Å². The lowest BCUT2D eigenvalue weighted by Crippen LogP contribution is -2.43. The summed E-state index contributed by atoms with van der Waals surface area (Å²) in [5.41, 5.74) is 1.30. The molecule has 6 heteroatoms. The third kappa shape index (κ3) is 6.52. The normalized spacial score (nSPS) is 19.6. The number of methoxy groups -OCH3 is 1. The predicted octanol–water partition coefficient (Wildman–Crippen LogP) is 3.95. The lowest BCUT2D eigenvalue weighted by molar-refractivity contribution is 0.251. The lowest BCUT2D eigenvalue weighted by atomic mass is 10.1. The summed E-state index contributed by atoms with van der Waals surface area (Å²) in [5.74, 6) is 1.89. The van der Waals surface area contributed by atoms with E-state index >= 15 is 0 Å². The van der Waals surface area contributed by atoms with Crippen LogP contribution in [0.25, 0.3) is 0 Å². The molecule has 0 amide bonds. The average Bonchev–Trinajstić information content (AvgIpc) is 3.36. The number of aliphatic imine (C=N–C) groups is 1. The van der Waals surface area contributed by atoms with Crippen molar-refractivity contribution in [3.8, 4) is 5.75 Å². The Bertz CT molecular complexity index is 583. The fraction of sp³-hybridized carbons (Fsp3) is 0.667. The number of likely N-dealkylation sites (tertiary alicyclic amines) is 1. The van der Waals surface area contributed by atoms with E-state index in [1.165, 1.54) is 44.1 Å². The van der Waals surface area contributed by atoms with Gasteiger partial charge in [-0.1, -0.05) is 25.0 Å². The van der Waals surface area contributed by atoms with Crippen LogP contribution in [0, 0.1) is 0 Å². The zero-order valence-electron chi connectivity index (χ0n) is 16.7. The highest BCUT2D eigenvalue weighted by Crippen LogP contribution is 2.28. The van der Waals surface area contributed by atoms with E-state index in [9.17, 15) is 0 Å². The van der Waals surface area contributed by atoms with Gasteiger partial charge in [0.1, 0.15) is 5.75 Å². The Morgan fingerprint density at radius 3 is 2.63 bits per heavy atom. The minimum Gasteiger partial charge on any atom is -0.497 e. The first-order valence-corrected chi connectivity index (χ1v) is 10.2. The molecule has 2 N–H and O–H groups in total. The number of rotatable bonds is 7. The maximum Gasteiger partial charge on any atom is 0.191 e. The Balaban J connectivity index is 0.00000261. The Hall–Kier alpha value is -1.02. The average molecular weight is 486 g/mol. The Morgan fingerprint density at radius 1 is 1.22 bits per heavy atom. The largest absolute Gasteiger partial charge is 0.497 e. The van der Waals surface area contributed by atoms with Crippen LogP contribution >= 0.6 is 24.0 Å². The van der Waals surface area contributed by atoms with Gasteiger partial charge in [0.25, 0.3) is 0 Å². The van der Waals surface area contributed by atoms with Gasteiger partial charge in [0, 0.05) is 12.6 Å². The molecule has 2 aliphatic rings. The molecule has 0 radical (unpaired) electrons. The summed E-state index contributed by atoms with van der Waals surface area (Å²) in [7, 11) is 1.73. The van der Waals surface area contributed by atoms with Crippen molar-refractivity contribution in [1.29, 1.82) is 0 Å². The fourth-order valence-electron chi connectivity index (χ4n) is 4.10. The van der Waals surface area contributed by atoms with Gasteiger partial charge < -0.3 is 15.4 Å². The van der Waals surface area contributed by atoms with Crippen molar-refractivity contribution in [2.45, 2.75) is 57.5 Å². The van der Waals surface area contributed by atoms with Gasteiger partial charge in [-0.2, -0.15) is 0 Å². The molecule has 1 aliphatic carbocycles. The summed E-state index contributed by atoms with van der Waals surface area (Å²) >= 11 is 0. The van der Waals surface area contributed by atoms with Gasteiger partial charge >= 0.3 is 0 Å². The third-order valence-electron chi connectivity index (χ3n) is 5.52. The van der Waals surface area contributed by atoms with Crippen LogP contribution < -0.4 is 15.4 Å². The summed E-state index contributed by atoms with van der Waals surface area (Å²) in [6, 6.07) is 9.36. The van der Waals surface area contributed by atoms with Crippen LogP contribution in [0.5, 0.6) is 5.75 Å². The molecular formula is C21H35IN4O. The maximum absolute atomic E-state index is 5.44. The highest BCUT2D eigenvalue weighted by Gasteiger charge is 2.24. The molecule has 0 bridgehead atoms. The van der Waals surface area contributed by atoms with Crippen LogP contribution in [-0.4, -0.2) is 50.2 Å². The predicted molar refractivity (Wildman–Crippen MR) is 123 cm³/mol. The fourth-order valence-corrected chi connectivity index (χ4v) is 4.10. The van der Waals surface area contributed by atoms with Gasteiger partial charge in [-0.3, -0.25) is 9.89 Å². The molecule has 3 rings (SSSR count). The van der Waals surface area contributed by atoms with Gasteiger partial charge in [0.2, 0.25) is 0 Å². The topological polar surface area (TPSA) is 48.9 Å². The Kier molecular flexibility index (Phi) is 9.68. The third-order valence-corrected chi connectivity index (χ3v) is 5.52. The van der Waals surface area contributed by atoms with Gasteiger partial charge in [0.15, 0.2) is 5.96 Å². The molecule has 1 aliphatic heterocycles. The molecule has 1 saturated carbocycles. The molecule has 1 aromatic rings. The molecular weight excluding hydrogens is 451 g/mol. The van der Waals surface area contributed by atoms with Crippen LogP contribution in [0.3, 0.4) is 0 Å². The number of halogens is 1. The summed E-state index contributed by atoms with van der Waals surface area (Å²) in [6.07, 6.45) is 7.75. The van der Waals surface area contributed by atoms with Crippen LogP contribution in [0.1, 0.15) is 57.1 Å². The minimum atomic E-state index is 0. The minimum absolute atomic E-state index is 0. The summed E-state index contributed by atoms with van der Waals surface area (Å²) in [5, 5.41) is 7.06. The Morgan fingerprint density at radius 2 is 1.96 bits per heavy atom. The second-order valence-corrected chi connectivity index (χ2v) is 7.38. The van der Waals surface area contributed by atoms with Gasteiger partial charge in [-0.05, 0) is 63.4 Å². The number of hydrogen-bond acceptors (Lipinski definition) is 3. The highest BCUT2D eigenvalue weighted by atomic mass is 127. The first-order valence-electron chi connectivity index (χ1n) is 10.2. The van der Waals surface area contributed by atoms with Gasteiger partial charge in [-0.15, -0.1) is 24.0 Å². The summed E-state index contributed by atoms with van der Waals surface area (Å²) < 4.78 is 5.44. The van der Waals surface area contributed by atoms with E-state index in [2.05, 4.69) is 40.7 Å². The molecule has 1 unspecified atom stereocenters. The van der Waals surface area contributed by atoms with E-state index in [-0.39, 0.29) is 24.0 Å². The molecule has 152 valence electrons. The van der Waals surface area contributed by atoms with E-state index in [4.69, 9.17) is 9.73 Å². The van der Waals surface area contributed by atoms with E-state index in [0.29, 0.717) is 12.1 Å². The van der Waals surface area contributed by atoms with Gasteiger partial charge in [-0.25, -0.2) is 0 Å². The van der Waals surface area contributed by atoms with Crippen molar-refractivity contribution in [3.63, 3.8) is 0 Å². The second-order valence-electron chi connectivity index (χ2n) is 7.38. The monoisotopic (exact) mass is 486 g/mol. The van der Waals surface area contributed by atoms with Crippen molar-refractivity contribution < 1.29 is 4.74 Å². The first-order chi connectivity index (χ1) is 12.8. The standard InChI is InChI=1S/C21H34N4O.HI/c1-3-22-21(24-18-10-4-5-11-18)23-16-20(25-13-6-7-14-25)17-9-8-12-19(15-17)26-2;/h8-9,12,15,18,20H,3-7,10-11,13-14,16H2,1-2H3,(H2,22,23,24);1H. The number of nitrogens with zero attached hydrogens (tertiary/aromatic N) is 2.